The Morgan fingerprint density at radius 3 is 1.78 bits per heavy atom. The highest BCUT2D eigenvalue weighted by atomic mass is 127. The third kappa shape index (κ3) is 3.60. The molecule has 1 amide bonds. The average molecular weight is 395 g/mol. The Bertz CT molecular complexity index is 315. The number of carbonyl (C=O) groups excluding carboxylic acids is 1. The molecule has 0 aliphatic heterocycles. The van der Waals surface area contributed by atoms with Gasteiger partial charge in [-0.15, -0.1) is 0 Å². The molecule has 10 heteroatoms. The van der Waals surface area contributed by atoms with Gasteiger partial charge >= 0.3 is 18.0 Å². The Kier molecular flexibility index (Phi) is 5.28. The maximum Gasteiger partial charge on any atom is 0.459 e. The van der Waals surface area contributed by atoms with E-state index in [1.165, 1.54) is 14.1 Å². The molecule has 0 radical (unpaired) electrons. The van der Waals surface area contributed by atoms with Crippen LogP contribution < -0.4 is 0 Å². The summed E-state index contributed by atoms with van der Waals surface area (Å²) >= 11 is 1.10. The summed E-state index contributed by atoms with van der Waals surface area (Å²) in [6.45, 7) is 0. The third-order valence-corrected chi connectivity index (χ3v) is 2.93. The molecule has 0 heterocycles. The SMILES string of the molecule is CN(C)C(=O)C(I)CC(F)(F)C(F)(F)C(F)(F)F. The summed E-state index contributed by atoms with van der Waals surface area (Å²) in [5.74, 6) is -12.5. The van der Waals surface area contributed by atoms with Crippen LogP contribution in [-0.2, 0) is 4.79 Å². The van der Waals surface area contributed by atoms with E-state index in [1.807, 2.05) is 0 Å². The maximum absolute atomic E-state index is 12.9. The van der Waals surface area contributed by atoms with Gasteiger partial charge in [0.05, 0.1) is 3.92 Å². The number of amides is 1. The fourth-order valence-corrected chi connectivity index (χ4v) is 2.04. The van der Waals surface area contributed by atoms with Gasteiger partial charge in [-0.2, -0.15) is 30.7 Å². The highest BCUT2D eigenvalue weighted by molar-refractivity contribution is 14.1. The zero-order valence-corrected chi connectivity index (χ0v) is 11.3. The van der Waals surface area contributed by atoms with Crippen molar-refractivity contribution in [2.75, 3.05) is 14.1 Å². The second-order valence-electron chi connectivity index (χ2n) is 3.68. The quantitative estimate of drug-likeness (QED) is 0.407. The summed E-state index contributed by atoms with van der Waals surface area (Å²) < 4.78 is 84.7. The van der Waals surface area contributed by atoms with E-state index in [-0.39, 0.29) is 0 Å². The molecule has 0 aromatic heterocycles. The first kappa shape index (κ1) is 17.7. The van der Waals surface area contributed by atoms with Crippen LogP contribution in [0.3, 0.4) is 0 Å². The summed E-state index contributed by atoms with van der Waals surface area (Å²) in [4.78, 5) is 12.0. The number of hydrogen-bond acceptors (Lipinski definition) is 1. The van der Waals surface area contributed by atoms with Gasteiger partial charge in [0.15, 0.2) is 0 Å². The number of nitrogens with zero attached hydrogens (tertiary/aromatic N) is 1. The fraction of sp³-hybridized carbons (Fsp3) is 0.875. The van der Waals surface area contributed by atoms with Crippen molar-refractivity contribution in [2.24, 2.45) is 0 Å². The highest BCUT2D eigenvalue weighted by Gasteiger charge is 2.73. The van der Waals surface area contributed by atoms with Crippen molar-refractivity contribution in [3.8, 4) is 0 Å². The minimum absolute atomic E-state index is 0.832. The second kappa shape index (κ2) is 5.37. The van der Waals surface area contributed by atoms with E-state index in [2.05, 4.69) is 0 Å². The predicted molar refractivity (Wildman–Crippen MR) is 57.1 cm³/mol. The zero-order chi connectivity index (χ0) is 14.9. The summed E-state index contributed by atoms with van der Waals surface area (Å²) in [6, 6.07) is 0. The van der Waals surface area contributed by atoms with E-state index in [1.54, 1.807) is 0 Å². The minimum Gasteiger partial charge on any atom is -0.348 e. The third-order valence-electron chi connectivity index (χ3n) is 1.96. The van der Waals surface area contributed by atoms with Crippen molar-refractivity contribution in [3.05, 3.63) is 0 Å². The number of rotatable bonds is 4. The van der Waals surface area contributed by atoms with Crippen LogP contribution in [0.4, 0.5) is 30.7 Å². The van der Waals surface area contributed by atoms with Crippen molar-refractivity contribution >= 4 is 28.5 Å². The molecule has 0 spiro atoms. The number of alkyl halides is 8. The van der Waals surface area contributed by atoms with E-state index in [0.29, 0.717) is 0 Å². The Labute approximate surface area is 112 Å². The van der Waals surface area contributed by atoms with Gasteiger partial charge in [-0.3, -0.25) is 4.79 Å². The standard InChI is InChI=1S/C8H9F7INO/c1-17(2)5(18)4(16)3-6(9,10)7(11,12)8(13,14)15/h4H,3H2,1-2H3. The molecule has 0 rings (SSSR count). The molecule has 0 N–H and O–H groups in total. The molecule has 0 aliphatic rings. The van der Waals surface area contributed by atoms with Gasteiger partial charge in [0.1, 0.15) is 0 Å². The van der Waals surface area contributed by atoms with Gasteiger partial charge in [-0.1, -0.05) is 22.6 Å². The molecular weight excluding hydrogens is 386 g/mol. The van der Waals surface area contributed by atoms with Gasteiger partial charge in [-0.05, 0) is 0 Å². The lowest BCUT2D eigenvalue weighted by atomic mass is 10.1. The van der Waals surface area contributed by atoms with Crippen LogP contribution in [0.1, 0.15) is 6.42 Å². The molecular formula is C8H9F7INO. The lowest BCUT2D eigenvalue weighted by molar-refractivity contribution is -0.355. The van der Waals surface area contributed by atoms with Crippen LogP contribution in [0.5, 0.6) is 0 Å². The summed E-state index contributed by atoms with van der Waals surface area (Å²) in [5.41, 5.74) is 0. The lowest BCUT2D eigenvalue weighted by Gasteiger charge is -2.29. The van der Waals surface area contributed by atoms with Crippen LogP contribution in [0.2, 0.25) is 0 Å². The zero-order valence-electron chi connectivity index (χ0n) is 9.16. The molecule has 0 fully saturated rings. The van der Waals surface area contributed by atoms with E-state index in [9.17, 15) is 35.5 Å². The van der Waals surface area contributed by atoms with Crippen molar-refractivity contribution in [1.29, 1.82) is 0 Å². The topological polar surface area (TPSA) is 20.3 Å². The van der Waals surface area contributed by atoms with Crippen LogP contribution in [-0.4, -0.2) is 46.8 Å². The van der Waals surface area contributed by atoms with Crippen molar-refractivity contribution < 1.29 is 35.5 Å². The Morgan fingerprint density at radius 1 is 1.11 bits per heavy atom. The molecule has 108 valence electrons. The van der Waals surface area contributed by atoms with Gasteiger partial charge in [0.25, 0.3) is 0 Å². The van der Waals surface area contributed by atoms with E-state index in [4.69, 9.17) is 0 Å². The van der Waals surface area contributed by atoms with Gasteiger partial charge in [-0.25, -0.2) is 0 Å². The number of hydrogen-bond donors (Lipinski definition) is 0. The van der Waals surface area contributed by atoms with E-state index in [0.717, 1.165) is 27.5 Å². The molecule has 0 bridgehead atoms. The Morgan fingerprint density at radius 2 is 1.50 bits per heavy atom. The van der Waals surface area contributed by atoms with Gasteiger partial charge in [0, 0.05) is 20.5 Å². The highest BCUT2D eigenvalue weighted by Crippen LogP contribution is 2.49. The average Bonchev–Trinajstić information content (AvgIpc) is 2.13. The Balaban J connectivity index is 5.02. The van der Waals surface area contributed by atoms with E-state index >= 15 is 0 Å². The predicted octanol–water partition coefficient (Wildman–Crippen LogP) is 3.10. The smallest absolute Gasteiger partial charge is 0.348 e. The summed E-state index contributed by atoms with van der Waals surface area (Å²) in [5, 5.41) is 0. The molecule has 0 saturated carbocycles. The molecule has 1 unspecified atom stereocenters. The number of halogens is 8. The molecule has 2 nitrogen and oxygen atoms in total. The lowest BCUT2D eigenvalue weighted by Crippen LogP contribution is -2.53. The first-order chi connectivity index (χ1) is 7.74. The van der Waals surface area contributed by atoms with Crippen molar-refractivity contribution in [3.63, 3.8) is 0 Å². The Hall–Kier alpha value is -0.290. The van der Waals surface area contributed by atoms with Crippen molar-refractivity contribution in [1.82, 2.24) is 4.90 Å². The van der Waals surface area contributed by atoms with Gasteiger partial charge in [0.2, 0.25) is 5.91 Å². The summed E-state index contributed by atoms with van der Waals surface area (Å²) in [6.07, 6.45) is -8.26. The van der Waals surface area contributed by atoms with Crippen LogP contribution in [0.15, 0.2) is 0 Å². The number of carbonyl (C=O) groups is 1. The maximum atomic E-state index is 12.9. The van der Waals surface area contributed by atoms with Crippen molar-refractivity contribution in [2.45, 2.75) is 28.4 Å². The van der Waals surface area contributed by atoms with Crippen LogP contribution in [0, 0.1) is 0 Å². The second-order valence-corrected chi connectivity index (χ2v) is 5.18. The van der Waals surface area contributed by atoms with E-state index < -0.39 is 34.3 Å². The molecule has 1 atom stereocenters. The first-order valence-electron chi connectivity index (χ1n) is 4.41. The fourth-order valence-electron chi connectivity index (χ4n) is 0.928. The molecule has 18 heavy (non-hydrogen) atoms. The van der Waals surface area contributed by atoms with Crippen LogP contribution in [0.25, 0.3) is 0 Å². The largest absolute Gasteiger partial charge is 0.459 e. The normalized spacial score (nSPS) is 15.4. The minimum atomic E-state index is -6.37. The molecule has 0 aromatic carbocycles. The molecule has 0 aromatic rings. The first-order valence-corrected chi connectivity index (χ1v) is 5.66. The van der Waals surface area contributed by atoms with Crippen LogP contribution >= 0.6 is 22.6 Å². The monoisotopic (exact) mass is 395 g/mol. The molecule has 0 aliphatic carbocycles. The van der Waals surface area contributed by atoms with Gasteiger partial charge < -0.3 is 4.90 Å². The summed E-state index contributed by atoms with van der Waals surface area (Å²) in [7, 11) is 2.35. The molecule has 0 saturated heterocycles.